The standard InChI is InChI=1S/C19H36Cl3F3Si/c1-2-3-4-5-6-7-8-9-10-11-12-13-14-15-16-17-18(23)19(24,25)26(20,21)22/h18H,2-17H2,1H3. The summed E-state index contributed by atoms with van der Waals surface area (Å²) in [5.74, 6) is 0. The second-order valence-electron chi connectivity index (χ2n) is 7.33. The second-order valence-corrected chi connectivity index (χ2v) is 15.8. The van der Waals surface area contributed by atoms with E-state index < -0.39 is 17.7 Å². The fourth-order valence-electron chi connectivity index (χ4n) is 3.05. The number of hydrogen-bond donors (Lipinski definition) is 0. The first-order valence-corrected chi connectivity index (χ1v) is 15.4. The highest BCUT2D eigenvalue weighted by Gasteiger charge is 2.59. The lowest BCUT2D eigenvalue weighted by molar-refractivity contribution is -0.00339. The summed E-state index contributed by atoms with van der Waals surface area (Å²) < 4.78 is 40.6. The van der Waals surface area contributed by atoms with Gasteiger partial charge < -0.3 is 0 Å². The molecule has 26 heavy (non-hydrogen) atoms. The van der Waals surface area contributed by atoms with Crippen molar-refractivity contribution in [2.45, 2.75) is 121 Å². The van der Waals surface area contributed by atoms with Crippen molar-refractivity contribution in [2.24, 2.45) is 0 Å². The maximum absolute atomic E-state index is 13.6. The molecule has 0 spiro atoms. The molecule has 0 nitrogen and oxygen atoms in total. The van der Waals surface area contributed by atoms with Gasteiger partial charge in [0.15, 0.2) is 6.17 Å². The van der Waals surface area contributed by atoms with Gasteiger partial charge in [-0.1, -0.05) is 103 Å². The van der Waals surface area contributed by atoms with E-state index in [2.05, 4.69) is 6.92 Å². The first-order valence-electron chi connectivity index (χ1n) is 10.3. The molecule has 0 aromatic carbocycles. The van der Waals surface area contributed by atoms with Gasteiger partial charge in [-0.25, -0.2) is 13.2 Å². The van der Waals surface area contributed by atoms with Crippen molar-refractivity contribution in [1.29, 1.82) is 0 Å². The average Bonchev–Trinajstić information content (AvgIpc) is 2.57. The van der Waals surface area contributed by atoms with Crippen molar-refractivity contribution in [3.8, 4) is 0 Å². The molecule has 1 unspecified atom stereocenters. The van der Waals surface area contributed by atoms with Gasteiger partial charge in [-0.05, 0) is 6.42 Å². The lowest BCUT2D eigenvalue weighted by atomic mass is 10.0. The van der Waals surface area contributed by atoms with Crippen molar-refractivity contribution < 1.29 is 13.2 Å². The van der Waals surface area contributed by atoms with E-state index in [4.69, 9.17) is 33.2 Å². The highest BCUT2D eigenvalue weighted by atomic mass is 35.8. The number of unbranched alkanes of at least 4 members (excludes halogenated alkanes) is 14. The Hall–Kier alpha value is 0.877. The van der Waals surface area contributed by atoms with E-state index in [-0.39, 0.29) is 6.42 Å². The van der Waals surface area contributed by atoms with Gasteiger partial charge in [0.2, 0.25) is 0 Å². The maximum atomic E-state index is 13.6. The molecule has 0 bridgehead atoms. The van der Waals surface area contributed by atoms with Crippen LogP contribution in [0.4, 0.5) is 13.2 Å². The predicted octanol–water partition coefficient (Wildman–Crippen LogP) is 9.42. The molecule has 0 aliphatic carbocycles. The minimum atomic E-state index is -4.35. The summed E-state index contributed by atoms with van der Waals surface area (Å²) in [6, 6.07) is -4.35. The molecule has 1 atom stereocenters. The Morgan fingerprint density at radius 3 is 1.27 bits per heavy atom. The average molecular weight is 456 g/mol. The molecule has 7 heteroatoms. The van der Waals surface area contributed by atoms with Gasteiger partial charge in [0.05, 0.1) is 0 Å². The first kappa shape index (κ1) is 26.9. The van der Waals surface area contributed by atoms with E-state index in [1.807, 2.05) is 0 Å². The summed E-state index contributed by atoms with van der Waals surface area (Å²) in [5, 5.41) is 0. The van der Waals surface area contributed by atoms with Crippen LogP contribution >= 0.6 is 33.2 Å². The number of halogens is 6. The number of alkyl halides is 3. The monoisotopic (exact) mass is 454 g/mol. The van der Waals surface area contributed by atoms with Crippen molar-refractivity contribution in [3.05, 3.63) is 0 Å². The van der Waals surface area contributed by atoms with Crippen LogP contribution in [0.5, 0.6) is 0 Å². The first-order chi connectivity index (χ1) is 12.2. The molecular weight excluding hydrogens is 420 g/mol. The summed E-state index contributed by atoms with van der Waals surface area (Å²) in [4.78, 5) is 0. The number of hydrogen-bond acceptors (Lipinski definition) is 0. The second kappa shape index (κ2) is 15.8. The zero-order valence-electron chi connectivity index (χ0n) is 16.2. The molecule has 158 valence electrons. The lowest BCUT2D eigenvalue weighted by Gasteiger charge is -2.25. The van der Waals surface area contributed by atoms with Gasteiger partial charge in [0.1, 0.15) is 0 Å². The van der Waals surface area contributed by atoms with Gasteiger partial charge in [-0.2, -0.15) is 0 Å². The summed E-state index contributed by atoms with van der Waals surface area (Å²) >= 11 is 15.8. The van der Waals surface area contributed by atoms with Crippen LogP contribution in [0.3, 0.4) is 0 Å². The highest BCUT2D eigenvalue weighted by molar-refractivity contribution is 7.65. The molecular formula is C19H36Cl3F3Si. The van der Waals surface area contributed by atoms with Crippen LogP contribution in [0.2, 0.25) is 0 Å². The van der Waals surface area contributed by atoms with E-state index in [0.29, 0.717) is 6.42 Å². The summed E-state index contributed by atoms with van der Waals surface area (Å²) in [5.41, 5.74) is -3.80. The van der Waals surface area contributed by atoms with Crippen LogP contribution in [-0.2, 0) is 0 Å². The van der Waals surface area contributed by atoms with E-state index in [9.17, 15) is 13.2 Å². The van der Waals surface area contributed by atoms with E-state index in [1.165, 1.54) is 70.6 Å². The molecule has 0 saturated heterocycles. The fourth-order valence-corrected chi connectivity index (χ4v) is 4.62. The van der Waals surface area contributed by atoms with Crippen molar-refractivity contribution >= 4 is 39.2 Å². The minimum Gasteiger partial charge on any atom is -0.241 e. The predicted molar refractivity (Wildman–Crippen MR) is 113 cm³/mol. The topological polar surface area (TPSA) is 0 Å². The Kier molecular flexibility index (Phi) is 16.3. The lowest BCUT2D eigenvalue weighted by Crippen LogP contribution is -2.47. The molecule has 0 aliphatic heterocycles. The number of rotatable bonds is 18. The van der Waals surface area contributed by atoms with Crippen LogP contribution in [0.1, 0.15) is 110 Å². The Bertz CT molecular complexity index is 326. The van der Waals surface area contributed by atoms with Gasteiger partial charge >= 0.3 is 11.5 Å². The van der Waals surface area contributed by atoms with E-state index in [1.54, 1.807) is 0 Å². The van der Waals surface area contributed by atoms with Crippen molar-refractivity contribution in [3.63, 3.8) is 0 Å². The fraction of sp³-hybridized carbons (Fsp3) is 1.00. The summed E-state index contributed by atoms with van der Waals surface area (Å²) in [7, 11) is 0. The zero-order valence-corrected chi connectivity index (χ0v) is 19.4. The van der Waals surface area contributed by atoms with Crippen LogP contribution in [0.15, 0.2) is 0 Å². The third kappa shape index (κ3) is 13.1. The molecule has 0 fully saturated rings. The van der Waals surface area contributed by atoms with Crippen LogP contribution < -0.4 is 0 Å². The van der Waals surface area contributed by atoms with Crippen LogP contribution in [0, 0.1) is 0 Å². The Morgan fingerprint density at radius 1 is 0.654 bits per heavy atom. The SMILES string of the molecule is CCCCCCCCCCCCCCCCCC(F)C(F)(F)[Si](Cl)(Cl)Cl. The Balaban J connectivity index is 3.37. The smallest absolute Gasteiger partial charge is 0.241 e. The van der Waals surface area contributed by atoms with Gasteiger partial charge in [-0.3, -0.25) is 0 Å². The van der Waals surface area contributed by atoms with Gasteiger partial charge in [0, 0.05) is 0 Å². The van der Waals surface area contributed by atoms with Crippen molar-refractivity contribution in [2.75, 3.05) is 0 Å². The molecule has 0 aliphatic rings. The maximum Gasteiger partial charge on any atom is 0.419 e. The molecule has 0 amide bonds. The van der Waals surface area contributed by atoms with E-state index >= 15 is 0 Å². The molecule has 0 aromatic rings. The molecule has 0 rings (SSSR count). The molecule has 0 N–H and O–H groups in total. The van der Waals surface area contributed by atoms with Gasteiger partial charge in [-0.15, -0.1) is 33.2 Å². The van der Waals surface area contributed by atoms with Gasteiger partial charge in [0.25, 0.3) is 0 Å². The third-order valence-corrected chi connectivity index (χ3v) is 8.17. The molecule has 0 saturated carbocycles. The summed E-state index contributed by atoms with van der Waals surface area (Å²) in [6.45, 7) is 2.24. The van der Waals surface area contributed by atoms with Crippen LogP contribution in [-0.4, -0.2) is 17.7 Å². The Morgan fingerprint density at radius 2 is 0.962 bits per heavy atom. The zero-order chi connectivity index (χ0) is 19.9. The highest BCUT2D eigenvalue weighted by Crippen LogP contribution is 2.42. The molecule has 0 aromatic heterocycles. The third-order valence-electron chi connectivity index (χ3n) is 4.83. The minimum absolute atomic E-state index is 0.230. The summed E-state index contributed by atoms with van der Waals surface area (Å²) in [6.07, 6.45) is 15.1. The molecule has 0 heterocycles. The quantitative estimate of drug-likeness (QED) is 0.110. The normalized spacial score (nSPS) is 14.0. The van der Waals surface area contributed by atoms with Crippen molar-refractivity contribution in [1.82, 2.24) is 0 Å². The van der Waals surface area contributed by atoms with Crippen LogP contribution in [0.25, 0.3) is 0 Å². The Labute approximate surface area is 173 Å². The largest absolute Gasteiger partial charge is 0.419 e. The van der Waals surface area contributed by atoms with E-state index in [0.717, 1.165) is 19.3 Å². The molecule has 0 radical (unpaired) electrons.